The van der Waals surface area contributed by atoms with Crippen LogP contribution < -0.4 is 9.80 Å². The Morgan fingerprint density at radius 3 is 2.72 bits per heavy atom. The van der Waals surface area contributed by atoms with Gasteiger partial charge in [0.15, 0.2) is 0 Å². The van der Waals surface area contributed by atoms with Crippen LogP contribution in [0, 0.1) is 23.2 Å². The lowest BCUT2D eigenvalue weighted by atomic mass is 9.59. The Hall–Kier alpha value is -1.81. The van der Waals surface area contributed by atoms with Gasteiger partial charge in [-0.15, -0.1) is 0 Å². The predicted octanol–water partition coefficient (Wildman–Crippen LogP) is 2.71. The van der Waals surface area contributed by atoms with Crippen LogP contribution in [0.3, 0.4) is 0 Å². The maximum Gasteiger partial charge on any atom is 0.315 e. The molecule has 0 spiro atoms. The van der Waals surface area contributed by atoms with Crippen molar-refractivity contribution >= 4 is 11.7 Å². The molecule has 5 atom stereocenters. The molecule has 4 heteroatoms. The number of para-hydroxylation sites is 1. The maximum absolute atomic E-state index is 12.8. The van der Waals surface area contributed by atoms with Crippen molar-refractivity contribution in [3.8, 4) is 0 Å². The first-order chi connectivity index (χ1) is 14.0. The minimum atomic E-state index is 0.0458. The Labute approximate surface area is 174 Å². The summed E-state index contributed by atoms with van der Waals surface area (Å²) in [7, 11) is 0. The number of nitrogens with zero attached hydrogens (tertiary/aromatic N) is 1. The molecule has 1 N–H and O–H groups in total. The number of quaternary nitrogens is 1. The second-order valence-corrected chi connectivity index (χ2v) is 10.1. The Morgan fingerprint density at radius 2 is 1.97 bits per heavy atom. The van der Waals surface area contributed by atoms with Crippen molar-refractivity contribution in [3.05, 3.63) is 42.0 Å². The molecule has 4 nitrogen and oxygen atoms in total. The fraction of sp³-hybridized carbons (Fsp3) is 0.640. The van der Waals surface area contributed by atoms with Crippen LogP contribution >= 0.6 is 0 Å². The van der Waals surface area contributed by atoms with Gasteiger partial charge in [0.1, 0.15) is 12.0 Å². The number of benzene rings is 1. The monoisotopic (exact) mass is 395 g/mol. The summed E-state index contributed by atoms with van der Waals surface area (Å²) in [5.41, 5.74) is 3.19. The van der Waals surface area contributed by atoms with Gasteiger partial charge in [0.25, 0.3) is 0 Å². The molecule has 0 amide bonds. The lowest BCUT2D eigenvalue weighted by Crippen LogP contribution is -3.15. The molecule has 2 aliphatic heterocycles. The summed E-state index contributed by atoms with van der Waals surface area (Å²) in [6.07, 6.45) is 7.49. The van der Waals surface area contributed by atoms with Gasteiger partial charge < -0.3 is 14.5 Å². The molecule has 0 bridgehead atoms. The molecule has 2 saturated heterocycles. The Bertz CT molecular complexity index is 783. The van der Waals surface area contributed by atoms with Crippen LogP contribution in [0.15, 0.2) is 42.0 Å². The van der Waals surface area contributed by atoms with Crippen LogP contribution in [-0.4, -0.2) is 44.8 Å². The molecule has 2 aliphatic carbocycles. The van der Waals surface area contributed by atoms with Gasteiger partial charge in [-0.1, -0.05) is 50.1 Å². The summed E-state index contributed by atoms with van der Waals surface area (Å²) >= 11 is 0. The van der Waals surface area contributed by atoms with Crippen LogP contribution in [0.25, 0.3) is 0 Å². The number of ether oxygens (including phenoxy) is 1. The van der Waals surface area contributed by atoms with Gasteiger partial charge in [-0.2, -0.15) is 0 Å². The van der Waals surface area contributed by atoms with Crippen LogP contribution in [0.5, 0.6) is 0 Å². The zero-order valence-corrected chi connectivity index (χ0v) is 17.9. The highest BCUT2D eigenvalue weighted by Crippen LogP contribution is 2.53. The van der Waals surface area contributed by atoms with E-state index >= 15 is 0 Å². The summed E-state index contributed by atoms with van der Waals surface area (Å²) in [6, 6.07) is 10.7. The first-order valence-corrected chi connectivity index (χ1v) is 11.6. The minimum absolute atomic E-state index is 0.0458. The molecule has 0 unspecified atom stereocenters. The number of nitrogens with one attached hydrogen (secondary N) is 1. The van der Waals surface area contributed by atoms with Crippen molar-refractivity contribution in [2.75, 3.05) is 37.6 Å². The summed E-state index contributed by atoms with van der Waals surface area (Å²) in [5, 5.41) is 0. The van der Waals surface area contributed by atoms with E-state index in [4.69, 9.17) is 4.74 Å². The van der Waals surface area contributed by atoms with Gasteiger partial charge in [-0.3, -0.25) is 4.79 Å². The van der Waals surface area contributed by atoms with E-state index in [1.807, 2.05) is 0 Å². The van der Waals surface area contributed by atoms with Crippen LogP contribution in [0.4, 0.5) is 5.69 Å². The van der Waals surface area contributed by atoms with Gasteiger partial charge in [0.05, 0.1) is 32.7 Å². The topological polar surface area (TPSA) is 34.0 Å². The van der Waals surface area contributed by atoms with Crippen LogP contribution in [0.1, 0.15) is 39.5 Å². The third-order valence-corrected chi connectivity index (χ3v) is 8.18. The van der Waals surface area contributed by atoms with Crippen molar-refractivity contribution in [2.45, 2.75) is 45.6 Å². The number of hydrogen-bond donors (Lipinski definition) is 1. The Kier molecular flexibility index (Phi) is 4.93. The molecule has 1 aromatic carbocycles. The van der Waals surface area contributed by atoms with E-state index in [0.717, 1.165) is 39.1 Å². The van der Waals surface area contributed by atoms with E-state index in [-0.39, 0.29) is 23.4 Å². The first kappa shape index (κ1) is 19.2. The largest absolute Gasteiger partial charge is 0.461 e. The van der Waals surface area contributed by atoms with E-state index in [1.165, 1.54) is 24.9 Å². The van der Waals surface area contributed by atoms with Gasteiger partial charge in [-0.05, 0) is 42.7 Å². The fourth-order valence-corrected chi connectivity index (χ4v) is 6.52. The number of rotatable bonds is 3. The molecule has 5 rings (SSSR count). The number of carbonyl (C=O) groups excluding carboxylic acids is 1. The molecule has 0 aromatic heterocycles. The SMILES string of the molecule is C[C@H]1CCC[C@]2(C)C[C@H]3OC(=O)[C@H](C[NH+]4CCN(c5ccccc5)CC4)[C@H]3C=C12. The lowest BCUT2D eigenvalue weighted by molar-refractivity contribution is -0.903. The quantitative estimate of drug-likeness (QED) is 0.631. The number of allylic oxidation sites excluding steroid dienone is 1. The summed E-state index contributed by atoms with van der Waals surface area (Å²) in [4.78, 5) is 16.8. The van der Waals surface area contributed by atoms with E-state index in [0.29, 0.717) is 11.8 Å². The fourth-order valence-electron chi connectivity index (χ4n) is 6.52. The molecule has 29 heavy (non-hydrogen) atoms. The highest BCUT2D eigenvalue weighted by Gasteiger charge is 2.52. The zero-order chi connectivity index (χ0) is 20.0. The zero-order valence-electron chi connectivity index (χ0n) is 17.9. The third kappa shape index (κ3) is 3.50. The first-order valence-electron chi connectivity index (χ1n) is 11.6. The number of carbonyl (C=O) groups is 1. The highest BCUT2D eigenvalue weighted by molar-refractivity contribution is 5.76. The van der Waals surface area contributed by atoms with Gasteiger partial charge in [0, 0.05) is 11.6 Å². The molecular formula is C25H35N2O2+. The predicted molar refractivity (Wildman–Crippen MR) is 115 cm³/mol. The van der Waals surface area contributed by atoms with E-state index in [2.05, 4.69) is 55.2 Å². The van der Waals surface area contributed by atoms with E-state index in [9.17, 15) is 4.79 Å². The van der Waals surface area contributed by atoms with Crippen molar-refractivity contribution in [1.82, 2.24) is 0 Å². The number of anilines is 1. The van der Waals surface area contributed by atoms with Gasteiger partial charge in [-0.25, -0.2) is 0 Å². The second kappa shape index (κ2) is 7.46. The Balaban J connectivity index is 1.27. The number of hydrogen-bond acceptors (Lipinski definition) is 3. The molecule has 1 aromatic rings. The van der Waals surface area contributed by atoms with Crippen LogP contribution in [-0.2, 0) is 9.53 Å². The minimum Gasteiger partial charge on any atom is -0.461 e. The molecule has 0 radical (unpaired) electrons. The summed E-state index contributed by atoms with van der Waals surface area (Å²) in [5.74, 6) is 1.06. The normalized spacial score (nSPS) is 37.5. The van der Waals surface area contributed by atoms with Gasteiger partial charge in [0.2, 0.25) is 0 Å². The Morgan fingerprint density at radius 1 is 1.21 bits per heavy atom. The average Bonchev–Trinajstić information content (AvgIpc) is 3.01. The third-order valence-electron chi connectivity index (χ3n) is 8.18. The molecule has 1 saturated carbocycles. The van der Waals surface area contributed by atoms with Crippen molar-refractivity contribution in [1.29, 1.82) is 0 Å². The second-order valence-electron chi connectivity index (χ2n) is 10.1. The average molecular weight is 396 g/mol. The summed E-state index contributed by atoms with van der Waals surface area (Å²) in [6.45, 7) is 10.0. The number of fused-ring (bicyclic) bond motifs is 2. The van der Waals surface area contributed by atoms with Gasteiger partial charge >= 0.3 is 5.97 Å². The van der Waals surface area contributed by atoms with Crippen LogP contribution in [0.2, 0.25) is 0 Å². The lowest BCUT2D eigenvalue weighted by Gasteiger charge is -2.46. The smallest absolute Gasteiger partial charge is 0.315 e. The highest BCUT2D eigenvalue weighted by atomic mass is 16.6. The summed E-state index contributed by atoms with van der Waals surface area (Å²) < 4.78 is 5.95. The standard InChI is InChI=1S/C25H34N2O2/c1-18-7-6-10-25(2)16-23-20(15-22(18)25)21(24(28)29-23)17-26-11-13-27(14-12-26)19-8-4-3-5-9-19/h3-5,8-9,15,18,20-21,23H,6-7,10-14,16-17H2,1-2H3/p+1/t18-,20+,21+,23+,25+/m0/s1. The maximum atomic E-state index is 12.8. The molecule has 3 fully saturated rings. The molecule has 4 aliphatic rings. The van der Waals surface area contributed by atoms with Crippen molar-refractivity contribution in [3.63, 3.8) is 0 Å². The number of piperazine rings is 1. The molecule has 156 valence electrons. The molecular weight excluding hydrogens is 360 g/mol. The van der Waals surface area contributed by atoms with E-state index < -0.39 is 0 Å². The van der Waals surface area contributed by atoms with Crippen molar-refractivity contribution in [2.24, 2.45) is 23.2 Å². The number of esters is 1. The molecule has 2 heterocycles. The van der Waals surface area contributed by atoms with Crippen molar-refractivity contribution < 1.29 is 14.4 Å². The van der Waals surface area contributed by atoms with E-state index in [1.54, 1.807) is 10.5 Å².